The van der Waals surface area contributed by atoms with Gasteiger partial charge < -0.3 is 14.9 Å². The number of ketones is 1. The van der Waals surface area contributed by atoms with Crippen LogP contribution in [0.2, 0.25) is 0 Å². The number of para-hydroxylation sites is 2. The van der Waals surface area contributed by atoms with Crippen molar-refractivity contribution >= 4 is 43.4 Å². The van der Waals surface area contributed by atoms with Gasteiger partial charge in [0.05, 0.1) is 16.8 Å². The summed E-state index contributed by atoms with van der Waals surface area (Å²) in [6, 6.07) is 19.6. The van der Waals surface area contributed by atoms with Crippen molar-refractivity contribution in [1.82, 2.24) is 29.1 Å². The van der Waals surface area contributed by atoms with E-state index in [1.807, 2.05) is 30.3 Å². The zero-order valence-electron chi connectivity index (χ0n) is 29.3. The Kier molecular flexibility index (Phi) is 11.7. The van der Waals surface area contributed by atoms with Gasteiger partial charge in [0, 0.05) is 54.3 Å². The van der Waals surface area contributed by atoms with E-state index in [4.69, 9.17) is 0 Å². The number of aromatic nitrogens is 3. The van der Waals surface area contributed by atoms with Crippen molar-refractivity contribution in [3.05, 3.63) is 112 Å². The molecule has 7 rings (SSSR count). The number of hydrogen-bond donors (Lipinski definition) is 3. The number of aryl methyl sites for hydroxylation is 1. The predicted molar refractivity (Wildman–Crippen MR) is 202 cm³/mol. The number of likely N-dealkylation sites (tertiary alicyclic amines) is 1. The number of rotatable bonds is 11. The highest BCUT2D eigenvalue weighted by Crippen LogP contribution is 2.33. The van der Waals surface area contributed by atoms with Crippen LogP contribution in [0, 0.1) is 5.82 Å². The van der Waals surface area contributed by atoms with Gasteiger partial charge in [0.1, 0.15) is 5.82 Å². The fourth-order valence-corrected chi connectivity index (χ4v) is 7.76. The largest absolute Gasteiger partial charge is 0.361 e. The van der Waals surface area contributed by atoms with Crippen LogP contribution < -0.4 is 10.4 Å². The van der Waals surface area contributed by atoms with E-state index in [-0.39, 0.29) is 23.0 Å². The smallest absolute Gasteiger partial charge is 0.330 e. The maximum atomic E-state index is 12.9. The minimum Gasteiger partial charge on any atom is -0.361 e. The Morgan fingerprint density at radius 2 is 1.76 bits per heavy atom. The molecule has 10 nitrogen and oxygen atoms in total. The van der Waals surface area contributed by atoms with Crippen LogP contribution in [0.1, 0.15) is 59.5 Å². The minimum absolute atomic E-state index is 0.0404. The highest BCUT2D eigenvalue weighted by Gasteiger charge is 2.21. The molecule has 12 heteroatoms. The number of benzene rings is 3. The van der Waals surface area contributed by atoms with Crippen molar-refractivity contribution in [2.75, 3.05) is 52.6 Å². The average molecular weight is 715 g/mol. The van der Waals surface area contributed by atoms with Gasteiger partial charge in [-0.1, -0.05) is 24.3 Å². The highest BCUT2D eigenvalue weighted by molar-refractivity contribution is 7.89. The SMILES string of the molecule is CNS(=O)(=O)CCc1ccc2[nH]cc(C3CCN(C)CC3)c2c1.O=C(CCCN1CC=C(n2c(=O)[nH]c3ccccc32)CC1)c1ccc(F)cc1. The molecule has 0 bridgehead atoms. The van der Waals surface area contributed by atoms with E-state index < -0.39 is 10.0 Å². The Bertz CT molecular complexity index is 2160. The van der Waals surface area contributed by atoms with Crippen LogP contribution in [0.3, 0.4) is 0 Å². The van der Waals surface area contributed by atoms with Crippen LogP contribution in [-0.4, -0.2) is 91.1 Å². The summed E-state index contributed by atoms with van der Waals surface area (Å²) in [6.07, 6.45) is 9.11. The summed E-state index contributed by atoms with van der Waals surface area (Å²) >= 11 is 0. The molecule has 51 heavy (non-hydrogen) atoms. The summed E-state index contributed by atoms with van der Waals surface area (Å²) in [4.78, 5) is 35.4. The van der Waals surface area contributed by atoms with Crippen LogP contribution in [0.4, 0.5) is 4.39 Å². The topological polar surface area (TPSA) is 123 Å². The Labute approximate surface area is 298 Å². The lowest BCUT2D eigenvalue weighted by atomic mass is 9.89. The number of hydrogen-bond acceptors (Lipinski definition) is 6. The number of nitrogens with zero attached hydrogens (tertiary/aromatic N) is 3. The molecule has 1 saturated heterocycles. The lowest BCUT2D eigenvalue weighted by molar-refractivity contribution is 0.0975. The lowest BCUT2D eigenvalue weighted by Crippen LogP contribution is -2.32. The number of halogens is 1. The second kappa shape index (κ2) is 16.3. The van der Waals surface area contributed by atoms with Gasteiger partial charge in [-0.2, -0.15) is 0 Å². The molecule has 270 valence electrons. The van der Waals surface area contributed by atoms with Gasteiger partial charge in [0.25, 0.3) is 0 Å². The number of piperidine rings is 1. The molecule has 0 aliphatic carbocycles. The molecule has 3 aromatic carbocycles. The Morgan fingerprint density at radius 3 is 2.49 bits per heavy atom. The van der Waals surface area contributed by atoms with E-state index in [0.717, 1.165) is 73.4 Å². The molecule has 2 aliphatic rings. The lowest BCUT2D eigenvalue weighted by Gasteiger charge is -2.28. The van der Waals surface area contributed by atoms with Crippen molar-refractivity contribution < 1.29 is 17.6 Å². The van der Waals surface area contributed by atoms with Gasteiger partial charge in [-0.25, -0.2) is 22.3 Å². The zero-order chi connectivity index (χ0) is 36.0. The van der Waals surface area contributed by atoms with E-state index in [1.54, 1.807) is 4.57 Å². The first-order chi connectivity index (χ1) is 24.6. The maximum Gasteiger partial charge on any atom is 0.330 e. The third kappa shape index (κ3) is 9.12. The first kappa shape index (κ1) is 36.4. The molecule has 0 radical (unpaired) electrons. The van der Waals surface area contributed by atoms with Gasteiger partial charge in [-0.05, 0) is 125 Å². The molecule has 0 saturated carbocycles. The Hall–Kier alpha value is -4.36. The van der Waals surface area contributed by atoms with E-state index in [9.17, 15) is 22.4 Å². The molecular weight excluding hydrogens is 668 g/mol. The van der Waals surface area contributed by atoms with Gasteiger partial charge >= 0.3 is 5.69 Å². The number of sulfonamides is 1. The zero-order valence-corrected chi connectivity index (χ0v) is 30.1. The van der Waals surface area contributed by atoms with Gasteiger partial charge in [0.2, 0.25) is 10.0 Å². The number of fused-ring (bicyclic) bond motifs is 2. The molecule has 3 N–H and O–H groups in total. The van der Waals surface area contributed by atoms with Gasteiger partial charge in [-0.3, -0.25) is 14.3 Å². The molecular formula is C39H47FN6O4S. The molecule has 4 heterocycles. The number of nitrogens with one attached hydrogen (secondary N) is 3. The molecule has 1 fully saturated rings. The molecule has 2 aliphatic heterocycles. The third-order valence-corrected chi connectivity index (χ3v) is 11.5. The third-order valence-electron chi connectivity index (χ3n) is 10.1. The van der Waals surface area contributed by atoms with Crippen molar-refractivity contribution in [1.29, 1.82) is 0 Å². The normalized spacial score (nSPS) is 16.3. The minimum atomic E-state index is -3.16. The first-order valence-electron chi connectivity index (χ1n) is 17.7. The quantitative estimate of drug-likeness (QED) is 0.150. The molecule has 0 atom stereocenters. The number of imidazole rings is 1. The van der Waals surface area contributed by atoms with Crippen molar-refractivity contribution in [2.24, 2.45) is 0 Å². The molecule has 0 unspecified atom stereocenters. The number of carbonyl (C=O) groups excluding carboxylic acids is 1. The van der Waals surface area contributed by atoms with Gasteiger partial charge in [0.15, 0.2) is 5.78 Å². The summed E-state index contributed by atoms with van der Waals surface area (Å²) in [5.74, 6) is 0.430. The van der Waals surface area contributed by atoms with Gasteiger partial charge in [-0.15, -0.1) is 0 Å². The van der Waals surface area contributed by atoms with Crippen LogP contribution in [0.5, 0.6) is 0 Å². The average Bonchev–Trinajstić information content (AvgIpc) is 3.72. The summed E-state index contributed by atoms with van der Waals surface area (Å²) in [5.41, 5.74) is 6.80. The van der Waals surface area contributed by atoms with E-state index >= 15 is 0 Å². The molecule has 5 aromatic rings. The summed E-state index contributed by atoms with van der Waals surface area (Å²) in [7, 11) is 0.476. The monoisotopic (exact) mass is 714 g/mol. The molecule has 2 aromatic heterocycles. The first-order valence-corrected chi connectivity index (χ1v) is 19.4. The van der Waals surface area contributed by atoms with Crippen LogP contribution in [-0.2, 0) is 16.4 Å². The summed E-state index contributed by atoms with van der Waals surface area (Å²) in [6.45, 7) is 4.70. The standard InChI is InChI=1S/C22H22FN3O2.C17H25N3O2S/c23-17-9-7-16(8-10-17)21(27)6-3-13-25-14-11-18(12-15-25)26-20-5-2-1-4-19(20)24-22(26)28;1-18-23(21,22)10-7-13-3-4-17-15(11-13)16(12-19-17)14-5-8-20(2)9-6-14/h1-2,4-5,7-11H,3,6,12-15H2,(H,24,28);3-4,11-12,14,18-19H,5-10H2,1-2H3. The number of carbonyl (C=O) groups is 1. The number of aromatic amines is 2. The van der Waals surface area contributed by atoms with Crippen molar-refractivity contribution in [3.8, 4) is 0 Å². The Balaban J connectivity index is 0.000000179. The Morgan fingerprint density at radius 1 is 1.00 bits per heavy atom. The maximum absolute atomic E-state index is 12.9. The van der Waals surface area contributed by atoms with E-state index in [2.05, 4.69) is 55.9 Å². The van der Waals surface area contributed by atoms with E-state index in [1.165, 1.54) is 55.1 Å². The second-order valence-corrected chi connectivity index (χ2v) is 15.6. The fraction of sp³-hybridized carbons (Fsp3) is 0.385. The number of H-pyrrole nitrogens is 2. The van der Waals surface area contributed by atoms with Crippen molar-refractivity contribution in [3.63, 3.8) is 0 Å². The highest BCUT2D eigenvalue weighted by atomic mass is 32.2. The molecule has 0 amide bonds. The fourth-order valence-electron chi connectivity index (χ4n) is 7.05. The van der Waals surface area contributed by atoms with Crippen LogP contribution in [0.25, 0.3) is 27.6 Å². The van der Waals surface area contributed by atoms with E-state index in [0.29, 0.717) is 24.3 Å². The van der Waals surface area contributed by atoms with Crippen LogP contribution >= 0.6 is 0 Å². The summed E-state index contributed by atoms with van der Waals surface area (Å²) in [5, 5.41) is 1.25. The summed E-state index contributed by atoms with van der Waals surface area (Å²) < 4.78 is 40.3. The molecule has 0 spiro atoms. The van der Waals surface area contributed by atoms with Crippen LogP contribution in [0.15, 0.2) is 83.8 Å². The second-order valence-electron chi connectivity index (χ2n) is 13.5. The van der Waals surface area contributed by atoms with Crippen molar-refractivity contribution in [2.45, 2.75) is 44.4 Å². The predicted octanol–water partition coefficient (Wildman–Crippen LogP) is 5.75. The number of Topliss-reactive ketones (excluding diaryl/α,β-unsaturated/α-hetero) is 1.